The maximum atomic E-state index is 4.38. The first-order valence-electron chi connectivity index (χ1n) is 5.31. The van der Waals surface area contributed by atoms with E-state index in [1.807, 2.05) is 19.2 Å². The third-order valence-corrected chi connectivity index (χ3v) is 2.84. The van der Waals surface area contributed by atoms with E-state index >= 15 is 0 Å². The van der Waals surface area contributed by atoms with Crippen LogP contribution in [0.3, 0.4) is 0 Å². The van der Waals surface area contributed by atoms with E-state index in [1.165, 1.54) is 19.3 Å². The zero-order valence-corrected chi connectivity index (χ0v) is 11.0. The average molecular weight is 272 g/mol. The lowest BCUT2D eigenvalue weighted by Crippen LogP contribution is -2.20. The van der Waals surface area contributed by atoms with Crippen LogP contribution in [0.15, 0.2) is 12.3 Å². The van der Waals surface area contributed by atoms with Crippen molar-refractivity contribution in [2.24, 2.45) is 0 Å². The SMILES string of the molecule is Cc1nccc(N(C)CCCCCBr)n1. The fourth-order valence-corrected chi connectivity index (χ4v) is 1.79. The summed E-state index contributed by atoms with van der Waals surface area (Å²) in [4.78, 5) is 10.6. The van der Waals surface area contributed by atoms with Crippen LogP contribution in [-0.2, 0) is 0 Å². The summed E-state index contributed by atoms with van der Waals surface area (Å²) in [5, 5.41) is 1.10. The summed E-state index contributed by atoms with van der Waals surface area (Å²) in [7, 11) is 2.08. The van der Waals surface area contributed by atoms with Gasteiger partial charge in [0, 0.05) is 25.1 Å². The molecule has 84 valence electrons. The van der Waals surface area contributed by atoms with Gasteiger partial charge in [0.2, 0.25) is 0 Å². The fourth-order valence-electron chi connectivity index (χ4n) is 1.39. The Bertz CT molecular complexity index is 291. The first-order chi connectivity index (χ1) is 7.24. The molecule has 0 aliphatic carbocycles. The standard InChI is InChI=1S/C11H18BrN3/c1-10-13-8-6-11(14-10)15(2)9-5-3-4-7-12/h6,8H,3-5,7,9H2,1-2H3. The Kier molecular flexibility index (Phi) is 5.61. The van der Waals surface area contributed by atoms with E-state index in [9.17, 15) is 0 Å². The lowest BCUT2D eigenvalue weighted by Gasteiger charge is -2.17. The van der Waals surface area contributed by atoms with Crippen LogP contribution in [0, 0.1) is 6.92 Å². The van der Waals surface area contributed by atoms with E-state index in [-0.39, 0.29) is 0 Å². The van der Waals surface area contributed by atoms with Crippen LogP contribution in [0.1, 0.15) is 25.1 Å². The number of unbranched alkanes of at least 4 members (excludes halogenated alkanes) is 2. The number of aromatic nitrogens is 2. The molecule has 0 saturated heterocycles. The van der Waals surface area contributed by atoms with Gasteiger partial charge in [0.15, 0.2) is 0 Å². The van der Waals surface area contributed by atoms with Crippen LogP contribution in [0.25, 0.3) is 0 Å². The molecule has 0 unspecified atom stereocenters. The van der Waals surface area contributed by atoms with Crippen LogP contribution < -0.4 is 4.90 Å². The average Bonchev–Trinajstić information content (AvgIpc) is 2.24. The molecule has 0 atom stereocenters. The molecule has 1 aromatic rings. The first-order valence-corrected chi connectivity index (χ1v) is 6.43. The summed E-state index contributed by atoms with van der Waals surface area (Å²) in [5.74, 6) is 1.85. The topological polar surface area (TPSA) is 29.0 Å². The van der Waals surface area contributed by atoms with E-state index in [1.54, 1.807) is 0 Å². The minimum absolute atomic E-state index is 0.833. The minimum Gasteiger partial charge on any atom is -0.360 e. The second-order valence-electron chi connectivity index (χ2n) is 3.63. The minimum atomic E-state index is 0.833. The Morgan fingerprint density at radius 1 is 1.33 bits per heavy atom. The Labute approximate surface area is 100 Å². The molecule has 0 fully saturated rings. The van der Waals surface area contributed by atoms with Crippen molar-refractivity contribution >= 4 is 21.7 Å². The van der Waals surface area contributed by atoms with Crippen molar-refractivity contribution in [3.8, 4) is 0 Å². The van der Waals surface area contributed by atoms with E-state index in [4.69, 9.17) is 0 Å². The quantitative estimate of drug-likeness (QED) is 0.589. The van der Waals surface area contributed by atoms with E-state index in [0.29, 0.717) is 0 Å². The predicted octanol–water partition coefficient (Wildman–Crippen LogP) is 2.79. The van der Waals surface area contributed by atoms with E-state index < -0.39 is 0 Å². The molecule has 0 saturated carbocycles. The first kappa shape index (κ1) is 12.4. The number of halogens is 1. The zero-order valence-electron chi connectivity index (χ0n) is 9.41. The Morgan fingerprint density at radius 3 is 2.80 bits per heavy atom. The highest BCUT2D eigenvalue weighted by atomic mass is 79.9. The zero-order chi connectivity index (χ0) is 11.1. The number of rotatable bonds is 6. The van der Waals surface area contributed by atoms with Crippen molar-refractivity contribution in [3.63, 3.8) is 0 Å². The number of nitrogens with zero attached hydrogens (tertiary/aromatic N) is 3. The largest absolute Gasteiger partial charge is 0.360 e. The van der Waals surface area contributed by atoms with Crippen LogP contribution in [-0.4, -0.2) is 28.9 Å². The van der Waals surface area contributed by atoms with Crippen LogP contribution >= 0.6 is 15.9 Å². The van der Waals surface area contributed by atoms with Gasteiger partial charge in [-0.2, -0.15) is 0 Å². The van der Waals surface area contributed by atoms with Gasteiger partial charge < -0.3 is 4.90 Å². The normalized spacial score (nSPS) is 10.3. The van der Waals surface area contributed by atoms with Crippen molar-refractivity contribution in [1.82, 2.24) is 9.97 Å². The fraction of sp³-hybridized carbons (Fsp3) is 0.636. The summed E-state index contributed by atoms with van der Waals surface area (Å²) >= 11 is 3.44. The molecule has 4 heteroatoms. The highest BCUT2D eigenvalue weighted by molar-refractivity contribution is 9.09. The molecule has 0 amide bonds. The molecule has 1 aromatic heterocycles. The predicted molar refractivity (Wildman–Crippen MR) is 67.7 cm³/mol. The van der Waals surface area contributed by atoms with Gasteiger partial charge in [-0.1, -0.05) is 22.4 Å². The number of hydrogen-bond donors (Lipinski definition) is 0. The second kappa shape index (κ2) is 6.77. The Hall–Kier alpha value is -0.640. The van der Waals surface area contributed by atoms with Crippen molar-refractivity contribution in [2.75, 3.05) is 23.8 Å². The van der Waals surface area contributed by atoms with Gasteiger partial charge in [0.05, 0.1) is 0 Å². The third-order valence-electron chi connectivity index (χ3n) is 2.28. The van der Waals surface area contributed by atoms with Gasteiger partial charge in [-0.05, 0) is 25.8 Å². The number of aryl methyl sites for hydroxylation is 1. The highest BCUT2D eigenvalue weighted by Gasteiger charge is 2.01. The van der Waals surface area contributed by atoms with E-state index in [0.717, 1.165) is 23.5 Å². The van der Waals surface area contributed by atoms with Crippen LogP contribution in [0.2, 0.25) is 0 Å². The second-order valence-corrected chi connectivity index (χ2v) is 4.43. The van der Waals surface area contributed by atoms with Crippen LogP contribution in [0.5, 0.6) is 0 Å². The maximum Gasteiger partial charge on any atom is 0.131 e. The van der Waals surface area contributed by atoms with Gasteiger partial charge in [-0.15, -0.1) is 0 Å². The third kappa shape index (κ3) is 4.60. The van der Waals surface area contributed by atoms with Gasteiger partial charge in [-0.3, -0.25) is 0 Å². The summed E-state index contributed by atoms with van der Waals surface area (Å²) in [5.41, 5.74) is 0. The summed E-state index contributed by atoms with van der Waals surface area (Å²) in [6, 6.07) is 1.96. The smallest absolute Gasteiger partial charge is 0.131 e. The lowest BCUT2D eigenvalue weighted by molar-refractivity contribution is 0.705. The summed E-state index contributed by atoms with van der Waals surface area (Å²) in [6.45, 7) is 2.98. The molecule has 0 radical (unpaired) electrons. The molecular formula is C11H18BrN3. The van der Waals surface area contributed by atoms with E-state index in [2.05, 4.69) is 37.8 Å². The molecule has 0 aliphatic rings. The number of hydrogen-bond acceptors (Lipinski definition) is 3. The Morgan fingerprint density at radius 2 is 2.13 bits per heavy atom. The van der Waals surface area contributed by atoms with Crippen LogP contribution in [0.4, 0.5) is 5.82 Å². The summed E-state index contributed by atoms with van der Waals surface area (Å²) < 4.78 is 0. The molecule has 0 bridgehead atoms. The van der Waals surface area contributed by atoms with Gasteiger partial charge in [-0.25, -0.2) is 9.97 Å². The maximum absolute atomic E-state index is 4.38. The van der Waals surface area contributed by atoms with Crippen molar-refractivity contribution in [3.05, 3.63) is 18.1 Å². The molecule has 1 heterocycles. The molecule has 15 heavy (non-hydrogen) atoms. The highest BCUT2D eigenvalue weighted by Crippen LogP contribution is 2.09. The summed E-state index contributed by atoms with van der Waals surface area (Å²) in [6.07, 6.45) is 5.54. The molecule has 3 nitrogen and oxygen atoms in total. The molecular weight excluding hydrogens is 254 g/mol. The lowest BCUT2D eigenvalue weighted by atomic mass is 10.2. The van der Waals surface area contributed by atoms with Crippen molar-refractivity contribution in [1.29, 1.82) is 0 Å². The Balaban J connectivity index is 2.36. The van der Waals surface area contributed by atoms with Crippen molar-refractivity contribution in [2.45, 2.75) is 26.2 Å². The number of alkyl halides is 1. The molecule has 0 spiro atoms. The van der Waals surface area contributed by atoms with Gasteiger partial charge in [0.25, 0.3) is 0 Å². The van der Waals surface area contributed by atoms with Gasteiger partial charge >= 0.3 is 0 Å². The van der Waals surface area contributed by atoms with Crippen molar-refractivity contribution < 1.29 is 0 Å². The number of anilines is 1. The molecule has 0 N–H and O–H groups in total. The van der Waals surface area contributed by atoms with Gasteiger partial charge in [0.1, 0.15) is 11.6 Å². The molecule has 1 rings (SSSR count). The molecule has 0 aromatic carbocycles. The molecule has 0 aliphatic heterocycles. The monoisotopic (exact) mass is 271 g/mol.